The molecule has 5 aromatic rings. The van der Waals surface area contributed by atoms with Crippen LogP contribution in [0.2, 0.25) is 0 Å². The molecule has 0 atom stereocenters. The Morgan fingerprint density at radius 3 is 2.53 bits per heavy atom. The summed E-state index contributed by atoms with van der Waals surface area (Å²) in [4.78, 5) is 23.5. The molecule has 0 aliphatic heterocycles. The van der Waals surface area contributed by atoms with Gasteiger partial charge >= 0.3 is 5.97 Å². The quantitative estimate of drug-likeness (QED) is 0.0931. The van der Waals surface area contributed by atoms with E-state index in [0.29, 0.717) is 36.7 Å². The van der Waals surface area contributed by atoms with Crippen LogP contribution in [-0.4, -0.2) is 10.9 Å². The van der Waals surface area contributed by atoms with E-state index in [1.165, 1.54) is 23.5 Å². The Hall–Kier alpha value is -3.88. The molecule has 6 nitrogen and oxygen atoms in total. The van der Waals surface area contributed by atoms with Gasteiger partial charge in [0.1, 0.15) is 5.75 Å². The van der Waals surface area contributed by atoms with Crippen LogP contribution in [0.5, 0.6) is 5.75 Å². The number of benzene rings is 4. The number of fused-ring (bicyclic) bond motifs is 2. The van der Waals surface area contributed by atoms with Gasteiger partial charge in [0, 0.05) is 23.8 Å². The fraction of sp³-hybridized carbons (Fsp3) is 0. The summed E-state index contributed by atoms with van der Waals surface area (Å²) in [5, 5.41) is 12.7. The second-order valence-corrected chi connectivity index (χ2v) is 8.62. The molecular formula is C24H13NO5S2. The zero-order valence-corrected chi connectivity index (χ0v) is 17.9. The van der Waals surface area contributed by atoms with Gasteiger partial charge < -0.3 is 9.15 Å². The van der Waals surface area contributed by atoms with Crippen molar-refractivity contribution in [2.75, 3.05) is 0 Å². The SMILES string of the molecule is O=C(Oc1cc(-c2ccc([N+](=O)[O-])cc2)c2oc(=S)sc2c1)c1cccc2ccccc12. The summed E-state index contributed by atoms with van der Waals surface area (Å²) in [5.74, 6) is -0.154. The number of ether oxygens (including phenoxy) is 1. The summed E-state index contributed by atoms with van der Waals surface area (Å²) in [6.07, 6.45) is 0. The molecule has 0 saturated heterocycles. The summed E-state index contributed by atoms with van der Waals surface area (Å²) < 4.78 is 12.5. The van der Waals surface area contributed by atoms with Gasteiger partial charge in [0.2, 0.25) is 4.02 Å². The molecule has 0 N–H and O–H groups in total. The first-order valence-electron chi connectivity index (χ1n) is 9.52. The summed E-state index contributed by atoms with van der Waals surface area (Å²) in [6.45, 7) is 0. The van der Waals surface area contributed by atoms with Gasteiger partial charge in [-0.15, -0.1) is 0 Å². The van der Waals surface area contributed by atoms with Gasteiger partial charge in [-0.25, -0.2) is 4.79 Å². The Morgan fingerprint density at radius 2 is 1.75 bits per heavy atom. The molecule has 32 heavy (non-hydrogen) atoms. The van der Waals surface area contributed by atoms with E-state index in [-0.39, 0.29) is 5.69 Å². The summed E-state index contributed by atoms with van der Waals surface area (Å²) in [7, 11) is 0. The van der Waals surface area contributed by atoms with Crippen molar-refractivity contribution in [3.05, 3.63) is 98.6 Å². The highest BCUT2D eigenvalue weighted by molar-refractivity contribution is 7.73. The molecule has 0 radical (unpaired) electrons. The van der Waals surface area contributed by atoms with Gasteiger partial charge in [0.15, 0.2) is 5.58 Å². The number of hydrogen-bond acceptors (Lipinski definition) is 7. The molecule has 0 spiro atoms. The van der Waals surface area contributed by atoms with Crippen LogP contribution in [0.4, 0.5) is 5.69 Å². The summed E-state index contributed by atoms with van der Waals surface area (Å²) >= 11 is 6.45. The van der Waals surface area contributed by atoms with Crippen molar-refractivity contribution < 1.29 is 18.9 Å². The number of carbonyl (C=O) groups excluding carboxylic acids is 1. The lowest BCUT2D eigenvalue weighted by Gasteiger charge is -2.09. The van der Waals surface area contributed by atoms with E-state index in [2.05, 4.69) is 0 Å². The molecular weight excluding hydrogens is 446 g/mol. The van der Waals surface area contributed by atoms with E-state index in [0.717, 1.165) is 10.8 Å². The minimum absolute atomic E-state index is 0.0188. The Kier molecular flexibility index (Phi) is 5.01. The molecule has 1 aromatic heterocycles. The molecule has 0 fully saturated rings. The highest BCUT2D eigenvalue weighted by atomic mass is 32.1. The second-order valence-electron chi connectivity index (χ2n) is 6.97. The number of hydrogen-bond donors (Lipinski definition) is 0. The molecule has 1 heterocycles. The van der Waals surface area contributed by atoms with E-state index in [1.54, 1.807) is 30.3 Å². The van der Waals surface area contributed by atoms with Gasteiger partial charge in [0.25, 0.3) is 5.69 Å². The van der Waals surface area contributed by atoms with Crippen LogP contribution in [0, 0.1) is 14.1 Å². The van der Waals surface area contributed by atoms with Crippen LogP contribution in [0.1, 0.15) is 10.4 Å². The normalized spacial score (nSPS) is 11.0. The molecule has 0 aliphatic rings. The highest BCUT2D eigenvalue weighted by Crippen LogP contribution is 2.37. The Balaban J connectivity index is 1.58. The third kappa shape index (κ3) is 3.66. The predicted octanol–water partition coefficient (Wildman–Crippen LogP) is 7.17. The zero-order chi connectivity index (χ0) is 22.2. The van der Waals surface area contributed by atoms with Crippen molar-refractivity contribution >= 4 is 56.3 Å². The Bertz CT molecular complexity index is 1560. The van der Waals surface area contributed by atoms with E-state index in [4.69, 9.17) is 21.4 Å². The molecule has 0 saturated carbocycles. The van der Waals surface area contributed by atoms with Gasteiger partial charge in [-0.3, -0.25) is 10.1 Å². The smallest absolute Gasteiger partial charge is 0.344 e. The Labute approximate surface area is 190 Å². The van der Waals surface area contributed by atoms with Crippen molar-refractivity contribution in [2.24, 2.45) is 0 Å². The lowest BCUT2D eigenvalue weighted by molar-refractivity contribution is -0.384. The minimum atomic E-state index is -0.483. The highest BCUT2D eigenvalue weighted by Gasteiger charge is 2.17. The van der Waals surface area contributed by atoms with Crippen LogP contribution < -0.4 is 4.74 Å². The lowest BCUT2D eigenvalue weighted by atomic mass is 10.0. The number of nitro groups is 1. The monoisotopic (exact) mass is 459 g/mol. The first-order chi connectivity index (χ1) is 15.5. The van der Waals surface area contributed by atoms with Crippen LogP contribution in [0.3, 0.4) is 0 Å². The number of non-ortho nitro benzene ring substituents is 1. The molecule has 156 valence electrons. The van der Waals surface area contributed by atoms with E-state index >= 15 is 0 Å². The van der Waals surface area contributed by atoms with Crippen molar-refractivity contribution in [3.63, 3.8) is 0 Å². The van der Waals surface area contributed by atoms with Crippen molar-refractivity contribution in [1.82, 2.24) is 0 Å². The van der Waals surface area contributed by atoms with Gasteiger partial charge in [-0.05, 0) is 52.8 Å². The fourth-order valence-corrected chi connectivity index (χ4v) is 4.63. The average Bonchev–Trinajstić information content (AvgIpc) is 3.18. The first kappa shape index (κ1) is 20.0. The van der Waals surface area contributed by atoms with Crippen molar-refractivity contribution in [3.8, 4) is 16.9 Å². The summed E-state index contributed by atoms with van der Waals surface area (Å²) in [6, 6.07) is 22.5. The largest absolute Gasteiger partial charge is 0.435 e. The van der Waals surface area contributed by atoms with E-state index < -0.39 is 10.9 Å². The maximum atomic E-state index is 13.0. The number of nitrogens with zero attached hydrogens (tertiary/aromatic N) is 1. The topological polar surface area (TPSA) is 82.6 Å². The maximum absolute atomic E-state index is 13.0. The average molecular weight is 460 g/mol. The molecule has 0 unspecified atom stereocenters. The number of nitro benzene ring substituents is 1. The Morgan fingerprint density at radius 1 is 1.00 bits per heavy atom. The lowest BCUT2D eigenvalue weighted by Crippen LogP contribution is -2.09. The third-order valence-corrected chi connectivity index (χ3v) is 6.12. The molecule has 0 amide bonds. The van der Waals surface area contributed by atoms with Gasteiger partial charge in [0.05, 0.1) is 15.2 Å². The third-order valence-electron chi connectivity index (χ3n) is 5.02. The number of rotatable bonds is 4. The molecule has 0 aliphatic carbocycles. The van der Waals surface area contributed by atoms with Crippen LogP contribution in [0.15, 0.2) is 83.3 Å². The van der Waals surface area contributed by atoms with Gasteiger partial charge in [-0.2, -0.15) is 0 Å². The molecule has 4 aromatic carbocycles. The fourth-order valence-electron chi connectivity index (χ4n) is 3.55. The zero-order valence-electron chi connectivity index (χ0n) is 16.3. The van der Waals surface area contributed by atoms with E-state index in [9.17, 15) is 14.9 Å². The number of carbonyl (C=O) groups is 1. The molecule has 0 bridgehead atoms. The van der Waals surface area contributed by atoms with Crippen LogP contribution in [-0.2, 0) is 0 Å². The first-order valence-corrected chi connectivity index (χ1v) is 10.7. The molecule has 5 rings (SSSR count). The van der Waals surface area contributed by atoms with Gasteiger partial charge in [-0.1, -0.05) is 47.7 Å². The van der Waals surface area contributed by atoms with Crippen LogP contribution in [0.25, 0.3) is 32.2 Å². The van der Waals surface area contributed by atoms with Crippen molar-refractivity contribution in [1.29, 1.82) is 0 Å². The summed E-state index contributed by atoms with van der Waals surface area (Å²) in [5.41, 5.74) is 2.29. The molecule has 8 heteroatoms. The number of esters is 1. The second kappa shape index (κ2) is 7.99. The minimum Gasteiger partial charge on any atom is -0.435 e. The maximum Gasteiger partial charge on any atom is 0.344 e. The van der Waals surface area contributed by atoms with Crippen molar-refractivity contribution in [2.45, 2.75) is 0 Å². The standard InChI is InChI=1S/C24H13NO5S2/c26-23(19-7-3-5-14-4-1-2-6-18(14)19)29-17-12-20(22-21(13-17)32-24(31)30-22)15-8-10-16(11-9-15)25(27)28/h1-13H. The predicted molar refractivity (Wildman–Crippen MR) is 126 cm³/mol. The van der Waals surface area contributed by atoms with E-state index in [1.807, 2.05) is 36.4 Å². The van der Waals surface area contributed by atoms with Crippen LogP contribution >= 0.6 is 23.6 Å².